The average molecular weight is 569 g/mol. The van der Waals surface area contributed by atoms with Crippen LogP contribution in [0.15, 0.2) is 54.9 Å². The van der Waals surface area contributed by atoms with E-state index in [4.69, 9.17) is 9.47 Å². The number of nitrogens with one attached hydrogen (secondary N) is 1. The lowest BCUT2D eigenvalue weighted by Crippen LogP contribution is -2.42. The Morgan fingerprint density at radius 2 is 1.68 bits per heavy atom. The summed E-state index contributed by atoms with van der Waals surface area (Å²) in [4.78, 5) is 12.7. The zero-order valence-corrected chi connectivity index (χ0v) is 24.9. The Balaban J connectivity index is 1.62. The fourth-order valence-electron chi connectivity index (χ4n) is 5.72. The van der Waals surface area contributed by atoms with Gasteiger partial charge in [0.1, 0.15) is 11.5 Å². The quantitative estimate of drug-likeness (QED) is 0.357. The standard InChI is InChI=1S/C31H40N2O6S/c1-20-27(38-4)16-24(17-28(20)39-5)29(34)25(15-21-13-22-9-7-8-10-23(22)14-21)18-33-12-11-26(19-33)31(2,3)30(35)32-40(6,36)37/h7-12,16-17,19,21,25,29,34H,13-15,18H2,1-6H3,(H,32,35)/t25-,29+/m0/s1. The summed E-state index contributed by atoms with van der Waals surface area (Å²) in [6, 6.07) is 14.1. The van der Waals surface area contributed by atoms with Crippen molar-refractivity contribution in [1.29, 1.82) is 0 Å². The molecule has 1 aromatic heterocycles. The van der Waals surface area contributed by atoms with Crippen LogP contribution in [0.2, 0.25) is 0 Å². The Morgan fingerprint density at radius 1 is 1.10 bits per heavy atom. The normalized spacial score (nSPS) is 15.4. The van der Waals surface area contributed by atoms with Crippen LogP contribution >= 0.6 is 0 Å². The van der Waals surface area contributed by atoms with Crippen molar-refractivity contribution in [2.75, 3.05) is 20.5 Å². The first kappa shape index (κ1) is 29.7. The molecule has 0 bridgehead atoms. The van der Waals surface area contributed by atoms with Crippen LogP contribution in [0.4, 0.5) is 0 Å². The summed E-state index contributed by atoms with van der Waals surface area (Å²) in [5, 5.41) is 11.8. The molecule has 2 aromatic carbocycles. The number of carbonyl (C=O) groups is 1. The van der Waals surface area contributed by atoms with Gasteiger partial charge < -0.3 is 19.1 Å². The Kier molecular flexibility index (Phi) is 8.66. The van der Waals surface area contributed by atoms with E-state index in [1.54, 1.807) is 28.1 Å². The molecule has 3 aromatic rings. The number of hydrogen-bond acceptors (Lipinski definition) is 6. The molecule has 2 N–H and O–H groups in total. The van der Waals surface area contributed by atoms with Gasteiger partial charge in [-0.05, 0) is 86.4 Å². The van der Waals surface area contributed by atoms with Crippen LogP contribution < -0.4 is 14.2 Å². The van der Waals surface area contributed by atoms with E-state index in [9.17, 15) is 18.3 Å². The highest BCUT2D eigenvalue weighted by Gasteiger charge is 2.34. The van der Waals surface area contributed by atoms with Gasteiger partial charge in [0.05, 0.1) is 32.0 Å². The lowest BCUT2D eigenvalue weighted by Gasteiger charge is -2.28. The maximum Gasteiger partial charge on any atom is 0.243 e. The van der Waals surface area contributed by atoms with E-state index >= 15 is 0 Å². The number of ether oxygens (including phenoxy) is 2. The lowest BCUT2D eigenvalue weighted by molar-refractivity contribution is -0.123. The predicted molar refractivity (Wildman–Crippen MR) is 155 cm³/mol. The molecular formula is C31H40N2O6S. The van der Waals surface area contributed by atoms with Gasteiger partial charge in [-0.15, -0.1) is 0 Å². The molecule has 216 valence electrons. The van der Waals surface area contributed by atoms with E-state index < -0.39 is 27.4 Å². The maximum atomic E-state index is 12.7. The summed E-state index contributed by atoms with van der Waals surface area (Å²) < 4.78 is 38.5. The second-order valence-corrected chi connectivity index (χ2v) is 13.2. The van der Waals surface area contributed by atoms with E-state index in [-0.39, 0.29) is 5.92 Å². The number of amides is 1. The van der Waals surface area contributed by atoms with E-state index in [0.29, 0.717) is 29.5 Å². The smallest absolute Gasteiger partial charge is 0.243 e. The summed E-state index contributed by atoms with van der Waals surface area (Å²) in [7, 11) is -0.469. The summed E-state index contributed by atoms with van der Waals surface area (Å²) in [6.45, 7) is 5.82. The minimum atomic E-state index is -3.68. The van der Waals surface area contributed by atoms with E-state index in [1.807, 2.05) is 42.1 Å². The van der Waals surface area contributed by atoms with Crippen LogP contribution in [0.5, 0.6) is 11.5 Å². The first-order chi connectivity index (χ1) is 18.8. The van der Waals surface area contributed by atoms with Gasteiger partial charge in [0.2, 0.25) is 15.9 Å². The number of aromatic nitrogens is 1. The van der Waals surface area contributed by atoms with E-state index in [0.717, 1.165) is 36.6 Å². The fraction of sp³-hybridized carbons (Fsp3) is 0.452. The minimum Gasteiger partial charge on any atom is -0.496 e. The largest absolute Gasteiger partial charge is 0.496 e. The summed E-state index contributed by atoms with van der Waals surface area (Å²) in [5.74, 6) is 0.958. The van der Waals surface area contributed by atoms with Crippen molar-refractivity contribution >= 4 is 15.9 Å². The molecule has 0 saturated carbocycles. The molecule has 1 aliphatic rings. The monoisotopic (exact) mass is 568 g/mol. The van der Waals surface area contributed by atoms with Crippen LogP contribution in [-0.4, -0.2) is 44.5 Å². The van der Waals surface area contributed by atoms with Crippen molar-refractivity contribution in [2.24, 2.45) is 11.8 Å². The van der Waals surface area contributed by atoms with Gasteiger partial charge in [0, 0.05) is 30.4 Å². The first-order valence-corrected chi connectivity index (χ1v) is 15.4. The number of aliphatic hydroxyl groups excluding tert-OH is 1. The maximum absolute atomic E-state index is 12.7. The third-order valence-corrected chi connectivity index (χ3v) is 8.65. The van der Waals surface area contributed by atoms with Crippen molar-refractivity contribution in [2.45, 2.75) is 58.1 Å². The van der Waals surface area contributed by atoms with Gasteiger partial charge in [0.25, 0.3) is 0 Å². The molecule has 0 spiro atoms. The van der Waals surface area contributed by atoms with Crippen LogP contribution in [0.3, 0.4) is 0 Å². The van der Waals surface area contributed by atoms with Gasteiger partial charge in [-0.25, -0.2) is 8.42 Å². The third kappa shape index (κ3) is 6.53. The Bertz CT molecular complexity index is 1430. The number of aliphatic hydroxyl groups is 1. The number of methoxy groups -OCH3 is 2. The van der Waals surface area contributed by atoms with E-state index in [1.165, 1.54) is 11.1 Å². The minimum absolute atomic E-state index is 0.148. The van der Waals surface area contributed by atoms with Crippen LogP contribution in [0.25, 0.3) is 0 Å². The summed E-state index contributed by atoms with van der Waals surface area (Å²) >= 11 is 0. The molecule has 0 radical (unpaired) electrons. The molecule has 8 nitrogen and oxygen atoms in total. The van der Waals surface area contributed by atoms with Gasteiger partial charge in [-0.2, -0.15) is 0 Å². The Morgan fingerprint density at radius 3 is 2.20 bits per heavy atom. The van der Waals surface area contributed by atoms with Crippen molar-refractivity contribution in [3.8, 4) is 11.5 Å². The molecule has 2 atom stereocenters. The number of hydrogen-bond donors (Lipinski definition) is 2. The van der Waals surface area contributed by atoms with Crippen molar-refractivity contribution in [3.05, 3.63) is 82.7 Å². The zero-order chi connectivity index (χ0) is 29.2. The lowest BCUT2D eigenvalue weighted by atomic mass is 9.85. The second kappa shape index (κ2) is 11.7. The van der Waals surface area contributed by atoms with Crippen molar-refractivity contribution in [3.63, 3.8) is 0 Å². The highest BCUT2D eigenvalue weighted by molar-refractivity contribution is 7.89. The Hall–Kier alpha value is -3.30. The number of sulfonamides is 1. The molecule has 40 heavy (non-hydrogen) atoms. The Labute approximate surface area is 237 Å². The van der Waals surface area contributed by atoms with Gasteiger partial charge in [-0.3, -0.25) is 9.52 Å². The fourth-order valence-corrected chi connectivity index (χ4v) is 6.31. The predicted octanol–water partition coefficient (Wildman–Crippen LogP) is 4.32. The first-order valence-electron chi connectivity index (χ1n) is 13.5. The number of carbonyl (C=O) groups excluding carboxylic acids is 1. The third-order valence-electron chi connectivity index (χ3n) is 8.10. The second-order valence-electron chi connectivity index (χ2n) is 11.5. The molecule has 0 unspecified atom stereocenters. The highest BCUT2D eigenvalue weighted by Crippen LogP contribution is 2.39. The number of rotatable bonds is 11. The van der Waals surface area contributed by atoms with Crippen LogP contribution in [-0.2, 0) is 39.6 Å². The number of fused-ring (bicyclic) bond motifs is 1. The van der Waals surface area contributed by atoms with E-state index in [2.05, 4.69) is 29.0 Å². The molecule has 1 aliphatic carbocycles. The summed E-state index contributed by atoms with van der Waals surface area (Å²) in [5.41, 5.74) is 3.94. The zero-order valence-electron chi connectivity index (χ0n) is 24.1. The SMILES string of the molecule is COc1cc([C@@H](O)[C@@H](CC2Cc3ccccc3C2)Cn2ccc(C(C)(C)C(=O)NS(C)(=O)=O)c2)cc(OC)c1C. The molecular weight excluding hydrogens is 528 g/mol. The topological polar surface area (TPSA) is 107 Å². The molecule has 4 rings (SSSR count). The molecule has 0 fully saturated rings. The van der Waals surface area contributed by atoms with Crippen LogP contribution in [0, 0.1) is 18.8 Å². The summed E-state index contributed by atoms with van der Waals surface area (Å²) in [6.07, 6.45) is 6.64. The number of benzene rings is 2. The van der Waals surface area contributed by atoms with Crippen molar-refractivity contribution in [1.82, 2.24) is 9.29 Å². The molecule has 1 heterocycles. The van der Waals surface area contributed by atoms with Gasteiger partial charge >= 0.3 is 0 Å². The molecule has 0 aliphatic heterocycles. The van der Waals surface area contributed by atoms with Crippen LogP contribution in [0.1, 0.15) is 54.2 Å². The molecule has 9 heteroatoms. The highest BCUT2D eigenvalue weighted by atomic mass is 32.2. The molecule has 1 amide bonds. The van der Waals surface area contributed by atoms with Gasteiger partial charge in [0.15, 0.2) is 0 Å². The average Bonchev–Trinajstić information content (AvgIpc) is 3.54. The van der Waals surface area contributed by atoms with Crippen molar-refractivity contribution < 1.29 is 27.8 Å². The van der Waals surface area contributed by atoms with Gasteiger partial charge in [-0.1, -0.05) is 24.3 Å². The number of nitrogens with zero attached hydrogens (tertiary/aromatic N) is 1. The molecule has 0 saturated heterocycles.